The number of likely N-dealkylation sites (N-methyl/N-ethyl adjacent to an activating group) is 1. The lowest BCUT2D eigenvalue weighted by atomic mass is 10.2. The van der Waals surface area contributed by atoms with Gasteiger partial charge in [-0.05, 0) is 73.6 Å². The van der Waals surface area contributed by atoms with E-state index in [1.807, 2.05) is 38.1 Å². The highest BCUT2D eigenvalue weighted by Crippen LogP contribution is 2.38. The molecule has 1 N–H and O–H groups in total. The highest BCUT2D eigenvalue weighted by molar-refractivity contribution is 8.18. The molecule has 1 heterocycles. The molecule has 0 aliphatic carbocycles. The summed E-state index contributed by atoms with van der Waals surface area (Å²) in [5, 5.41) is 10.8. The van der Waals surface area contributed by atoms with Gasteiger partial charge >= 0.3 is 0 Å². The van der Waals surface area contributed by atoms with Crippen molar-refractivity contribution in [3.05, 3.63) is 51.9 Å². The second-order valence-corrected chi connectivity index (χ2v) is 7.45. The molecule has 1 aliphatic heterocycles. The summed E-state index contributed by atoms with van der Waals surface area (Å²) in [6.07, 6.45) is 1.72. The second kappa shape index (κ2) is 9.24. The molecule has 0 spiro atoms. The van der Waals surface area contributed by atoms with Crippen LogP contribution in [0.4, 0.5) is 5.69 Å². The number of carbonyl (C=O) groups is 1. The first kappa shape index (κ1) is 21.1. The lowest BCUT2D eigenvalue weighted by Gasteiger charge is -2.12. The Kier molecular flexibility index (Phi) is 6.71. The minimum absolute atomic E-state index is 0.113. The third kappa shape index (κ3) is 4.68. The van der Waals surface area contributed by atoms with Gasteiger partial charge in [-0.2, -0.15) is 0 Å². The smallest absolute Gasteiger partial charge is 0.266 e. The summed E-state index contributed by atoms with van der Waals surface area (Å²) in [5.74, 6) is 0.776. The number of rotatable bonds is 6. The van der Waals surface area contributed by atoms with Crippen LogP contribution in [0.5, 0.6) is 17.2 Å². The average Bonchev–Trinajstić information content (AvgIpc) is 3.00. The maximum absolute atomic E-state index is 12.8. The van der Waals surface area contributed by atoms with Gasteiger partial charge in [-0.3, -0.25) is 9.69 Å². The van der Waals surface area contributed by atoms with Gasteiger partial charge in [0.2, 0.25) is 0 Å². The zero-order chi connectivity index (χ0) is 21.0. The van der Waals surface area contributed by atoms with E-state index in [-0.39, 0.29) is 22.4 Å². The fourth-order valence-corrected chi connectivity index (χ4v) is 4.01. The summed E-state index contributed by atoms with van der Waals surface area (Å²) in [7, 11) is 1.61. The first-order chi connectivity index (χ1) is 14.0. The maximum Gasteiger partial charge on any atom is 0.266 e. The number of halogens is 1. The van der Waals surface area contributed by atoms with Crippen LogP contribution in [-0.4, -0.2) is 41.3 Å². The summed E-state index contributed by atoms with van der Waals surface area (Å²) >= 11 is 7.39. The molecule has 6 nitrogen and oxygen atoms in total. The van der Waals surface area contributed by atoms with Crippen molar-refractivity contribution in [3.8, 4) is 17.2 Å². The van der Waals surface area contributed by atoms with Gasteiger partial charge in [-0.1, -0.05) is 11.6 Å². The standard InChI is InChI=1S/C21H21ClN2O4S/c1-4-24-20(26)18(12-13-10-16(22)19(25)17(11-13)28-5-2)29-21(24)23-14-6-8-15(27-3)9-7-14/h6-12,25H,4-5H2,1-3H3/b18-12+,23-21?. The van der Waals surface area contributed by atoms with E-state index >= 15 is 0 Å². The van der Waals surface area contributed by atoms with Gasteiger partial charge < -0.3 is 14.6 Å². The molecule has 1 saturated heterocycles. The van der Waals surface area contributed by atoms with Gasteiger partial charge in [-0.15, -0.1) is 0 Å². The summed E-state index contributed by atoms with van der Waals surface area (Å²) in [6.45, 7) is 4.60. The summed E-state index contributed by atoms with van der Waals surface area (Å²) in [6, 6.07) is 10.6. The minimum Gasteiger partial charge on any atom is -0.503 e. The van der Waals surface area contributed by atoms with Crippen molar-refractivity contribution in [2.45, 2.75) is 13.8 Å². The first-order valence-corrected chi connectivity index (χ1v) is 10.3. The zero-order valence-electron chi connectivity index (χ0n) is 16.3. The van der Waals surface area contributed by atoms with Crippen LogP contribution in [0.3, 0.4) is 0 Å². The van der Waals surface area contributed by atoms with E-state index in [0.717, 1.165) is 11.4 Å². The minimum atomic E-state index is -0.132. The number of benzene rings is 2. The highest BCUT2D eigenvalue weighted by Gasteiger charge is 2.32. The van der Waals surface area contributed by atoms with E-state index in [2.05, 4.69) is 4.99 Å². The molecule has 3 rings (SSSR count). The van der Waals surface area contributed by atoms with Gasteiger partial charge in [0.1, 0.15) is 5.75 Å². The molecule has 2 aromatic carbocycles. The number of thioether (sulfide) groups is 1. The van der Waals surface area contributed by atoms with E-state index in [1.165, 1.54) is 11.8 Å². The molecule has 0 radical (unpaired) electrons. The average molecular weight is 433 g/mol. The van der Waals surface area contributed by atoms with Gasteiger partial charge in [-0.25, -0.2) is 4.99 Å². The van der Waals surface area contributed by atoms with Crippen molar-refractivity contribution in [3.63, 3.8) is 0 Å². The van der Waals surface area contributed by atoms with Crippen molar-refractivity contribution in [1.82, 2.24) is 4.90 Å². The second-order valence-electron chi connectivity index (χ2n) is 6.03. The van der Waals surface area contributed by atoms with Crippen LogP contribution in [0.25, 0.3) is 6.08 Å². The van der Waals surface area contributed by atoms with Crippen molar-refractivity contribution < 1.29 is 19.4 Å². The number of carbonyl (C=O) groups excluding carboxylic acids is 1. The summed E-state index contributed by atoms with van der Waals surface area (Å²) in [5.41, 5.74) is 1.39. The van der Waals surface area contributed by atoms with E-state index in [0.29, 0.717) is 28.8 Å². The van der Waals surface area contributed by atoms with Crippen LogP contribution >= 0.6 is 23.4 Å². The molecule has 29 heavy (non-hydrogen) atoms. The maximum atomic E-state index is 12.8. The molecule has 2 aromatic rings. The first-order valence-electron chi connectivity index (χ1n) is 9.06. The van der Waals surface area contributed by atoms with Crippen LogP contribution < -0.4 is 9.47 Å². The highest BCUT2D eigenvalue weighted by atomic mass is 35.5. The molecule has 0 unspecified atom stereocenters. The van der Waals surface area contributed by atoms with Crippen molar-refractivity contribution in [1.29, 1.82) is 0 Å². The molecule has 0 atom stereocenters. The number of phenols is 1. The van der Waals surface area contributed by atoms with Gasteiger partial charge in [0.15, 0.2) is 16.7 Å². The SMILES string of the molecule is CCOc1cc(/C=C2/SC(=Nc3ccc(OC)cc3)N(CC)C2=O)cc(Cl)c1O. The fraction of sp³-hybridized carbons (Fsp3) is 0.238. The Hall–Kier alpha value is -2.64. The number of methoxy groups -OCH3 is 1. The number of hydrogen-bond donors (Lipinski definition) is 1. The van der Waals surface area contributed by atoms with Crippen LogP contribution in [0, 0.1) is 0 Å². The van der Waals surface area contributed by atoms with Crippen molar-refractivity contribution >= 4 is 46.2 Å². The molecule has 1 aliphatic rings. The van der Waals surface area contributed by atoms with Crippen LogP contribution in [0.1, 0.15) is 19.4 Å². The Morgan fingerprint density at radius 2 is 1.97 bits per heavy atom. The van der Waals surface area contributed by atoms with Crippen LogP contribution in [-0.2, 0) is 4.79 Å². The van der Waals surface area contributed by atoms with Gasteiger partial charge in [0, 0.05) is 6.54 Å². The van der Waals surface area contributed by atoms with Crippen molar-refractivity contribution in [2.75, 3.05) is 20.3 Å². The van der Waals surface area contributed by atoms with Gasteiger partial charge in [0.25, 0.3) is 5.91 Å². The molecular formula is C21H21ClN2O4S. The van der Waals surface area contributed by atoms with Crippen LogP contribution in [0.15, 0.2) is 46.3 Å². The van der Waals surface area contributed by atoms with Crippen LogP contribution in [0.2, 0.25) is 5.02 Å². The molecule has 0 saturated carbocycles. The molecule has 1 fully saturated rings. The lowest BCUT2D eigenvalue weighted by molar-refractivity contribution is -0.122. The molecule has 8 heteroatoms. The number of amides is 1. The van der Waals surface area contributed by atoms with E-state index in [9.17, 15) is 9.90 Å². The number of amidine groups is 1. The Morgan fingerprint density at radius 1 is 1.24 bits per heavy atom. The molecule has 1 amide bonds. The largest absolute Gasteiger partial charge is 0.503 e. The van der Waals surface area contributed by atoms with Gasteiger partial charge in [0.05, 0.1) is 29.3 Å². The van der Waals surface area contributed by atoms with E-state index in [1.54, 1.807) is 30.2 Å². The Labute approximate surface area is 178 Å². The predicted molar refractivity (Wildman–Crippen MR) is 117 cm³/mol. The third-order valence-electron chi connectivity index (χ3n) is 4.15. The predicted octanol–water partition coefficient (Wildman–Crippen LogP) is 5.08. The molecule has 152 valence electrons. The van der Waals surface area contributed by atoms with E-state index < -0.39 is 0 Å². The Bertz CT molecular complexity index is 973. The fourth-order valence-electron chi connectivity index (χ4n) is 2.73. The molecule has 0 bridgehead atoms. The topological polar surface area (TPSA) is 71.4 Å². The number of aliphatic imine (C=N–C) groups is 1. The monoisotopic (exact) mass is 432 g/mol. The van der Waals surface area contributed by atoms with Crippen molar-refractivity contribution in [2.24, 2.45) is 4.99 Å². The Balaban J connectivity index is 1.93. The summed E-state index contributed by atoms with van der Waals surface area (Å²) in [4.78, 5) is 19.6. The zero-order valence-corrected chi connectivity index (χ0v) is 17.9. The molecule has 0 aromatic heterocycles. The van der Waals surface area contributed by atoms with E-state index in [4.69, 9.17) is 21.1 Å². The molecular weight excluding hydrogens is 412 g/mol. The quantitative estimate of drug-likeness (QED) is 0.644. The lowest BCUT2D eigenvalue weighted by Crippen LogP contribution is -2.28. The number of nitrogens with zero attached hydrogens (tertiary/aromatic N) is 2. The summed E-state index contributed by atoms with van der Waals surface area (Å²) < 4.78 is 10.6. The Morgan fingerprint density at radius 3 is 2.59 bits per heavy atom. The number of hydrogen-bond acceptors (Lipinski definition) is 6. The number of aromatic hydroxyl groups is 1. The number of ether oxygens (including phenoxy) is 2. The number of phenolic OH excluding ortho intramolecular Hbond substituents is 1. The normalized spacial score (nSPS) is 16.7. The third-order valence-corrected chi connectivity index (χ3v) is 5.44.